The summed E-state index contributed by atoms with van der Waals surface area (Å²) in [5, 5.41) is 3.52. The molecule has 2 saturated heterocycles. The maximum absolute atomic E-state index is 8.36. The van der Waals surface area contributed by atoms with Crippen LogP contribution >= 0.6 is 0 Å². The predicted molar refractivity (Wildman–Crippen MR) is 97.8 cm³/mol. The number of hydrogen-bond acceptors (Lipinski definition) is 6. The third-order valence-corrected chi connectivity index (χ3v) is 4.60. The largest absolute Gasteiger partial charge is 0.365 e. The molecule has 0 bridgehead atoms. The van der Waals surface area contributed by atoms with Gasteiger partial charge >= 0.3 is 0 Å². The van der Waals surface area contributed by atoms with Gasteiger partial charge in [-0.3, -0.25) is 0 Å². The Morgan fingerprint density at radius 1 is 1.15 bits per heavy atom. The van der Waals surface area contributed by atoms with Crippen LogP contribution in [0.15, 0.2) is 35.4 Å². The minimum absolute atomic E-state index is 0.185. The molecule has 3 rings (SSSR count). The van der Waals surface area contributed by atoms with Gasteiger partial charge in [0.15, 0.2) is 12.1 Å². The molecule has 2 fully saturated rings. The summed E-state index contributed by atoms with van der Waals surface area (Å²) >= 11 is 0. The van der Waals surface area contributed by atoms with Gasteiger partial charge in [-0.15, -0.1) is 0 Å². The first-order valence-corrected chi connectivity index (χ1v) is 9.29. The Kier molecular flexibility index (Phi) is 6.70. The molecule has 0 spiro atoms. The van der Waals surface area contributed by atoms with Gasteiger partial charge in [-0.05, 0) is 38.3 Å². The summed E-state index contributed by atoms with van der Waals surface area (Å²) in [5.74, 6) is -0.697. The standard InChI is InChI=1S/C19H27N3O5/c1-13-15-16(27-19(2,3)26-15)17(24-12-14-8-5-4-6-9-14)18(25-13)23-11-7-10-21-22-20/h4-6,8-9,13,15-18H,7,10-12H2,1-3H3/t13-,15+,16+,17-,18?/m0/s1. The van der Waals surface area contributed by atoms with Gasteiger partial charge in [-0.2, -0.15) is 0 Å². The van der Waals surface area contributed by atoms with E-state index in [1.165, 1.54) is 0 Å². The van der Waals surface area contributed by atoms with Gasteiger partial charge < -0.3 is 23.7 Å². The Morgan fingerprint density at radius 2 is 1.89 bits per heavy atom. The van der Waals surface area contributed by atoms with Crippen molar-refractivity contribution in [2.45, 2.75) is 70.3 Å². The van der Waals surface area contributed by atoms with Crippen LogP contribution in [0.2, 0.25) is 0 Å². The minimum atomic E-state index is -0.697. The van der Waals surface area contributed by atoms with Crippen molar-refractivity contribution in [3.05, 3.63) is 46.3 Å². The number of rotatable bonds is 8. The summed E-state index contributed by atoms with van der Waals surface area (Å²) in [6, 6.07) is 9.94. The van der Waals surface area contributed by atoms with Crippen LogP contribution in [-0.2, 0) is 30.3 Å². The Labute approximate surface area is 159 Å². The SMILES string of the molecule is C[C@@H]1OC(OCCCN=[N+]=[N-])[C@@H](OCc2ccccc2)[C@@H]2OC(C)(C)O[C@@H]21. The maximum Gasteiger partial charge on any atom is 0.186 e. The van der Waals surface area contributed by atoms with E-state index in [9.17, 15) is 0 Å². The normalized spacial score (nSPS) is 31.9. The van der Waals surface area contributed by atoms with Crippen LogP contribution in [0.4, 0.5) is 0 Å². The maximum atomic E-state index is 8.36. The van der Waals surface area contributed by atoms with Crippen molar-refractivity contribution in [3.8, 4) is 0 Å². The topological polar surface area (TPSA) is 94.9 Å². The van der Waals surface area contributed by atoms with Crippen LogP contribution in [0.1, 0.15) is 32.8 Å². The zero-order valence-electron chi connectivity index (χ0n) is 16.0. The van der Waals surface area contributed by atoms with Crippen LogP contribution in [-0.4, -0.2) is 49.6 Å². The second kappa shape index (κ2) is 9.01. The van der Waals surface area contributed by atoms with Gasteiger partial charge in [0, 0.05) is 18.1 Å². The van der Waals surface area contributed by atoms with Crippen LogP contribution < -0.4 is 0 Å². The van der Waals surface area contributed by atoms with Gasteiger partial charge in [0.05, 0.1) is 12.7 Å². The summed E-state index contributed by atoms with van der Waals surface area (Å²) in [6.45, 7) is 6.95. The second-order valence-electron chi connectivity index (χ2n) is 7.21. The van der Waals surface area contributed by atoms with Crippen molar-refractivity contribution in [2.24, 2.45) is 5.11 Å². The van der Waals surface area contributed by atoms with Crippen molar-refractivity contribution >= 4 is 0 Å². The Hall–Kier alpha value is -1.67. The molecule has 0 radical (unpaired) electrons. The van der Waals surface area contributed by atoms with Gasteiger partial charge in [0.2, 0.25) is 0 Å². The van der Waals surface area contributed by atoms with E-state index in [4.69, 9.17) is 29.2 Å². The van der Waals surface area contributed by atoms with E-state index in [-0.39, 0.29) is 18.3 Å². The van der Waals surface area contributed by atoms with Crippen molar-refractivity contribution in [1.29, 1.82) is 0 Å². The number of hydrogen-bond donors (Lipinski definition) is 0. The molecule has 0 N–H and O–H groups in total. The first-order valence-electron chi connectivity index (χ1n) is 9.29. The lowest BCUT2D eigenvalue weighted by Crippen LogP contribution is -2.57. The van der Waals surface area contributed by atoms with E-state index in [0.717, 1.165) is 5.56 Å². The van der Waals surface area contributed by atoms with Crippen molar-refractivity contribution < 1.29 is 23.7 Å². The molecular formula is C19H27N3O5. The van der Waals surface area contributed by atoms with Crippen molar-refractivity contribution in [2.75, 3.05) is 13.2 Å². The summed E-state index contributed by atoms with van der Waals surface area (Å²) in [5.41, 5.74) is 9.43. The molecule has 0 amide bonds. The Bertz CT molecular complexity index is 650. The fourth-order valence-electron chi connectivity index (χ4n) is 3.41. The molecular weight excluding hydrogens is 350 g/mol. The van der Waals surface area contributed by atoms with Crippen LogP contribution in [0.25, 0.3) is 10.4 Å². The molecule has 0 aliphatic carbocycles. The molecule has 1 aromatic carbocycles. The Morgan fingerprint density at radius 3 is 2.63 bits per heavy atom. The van der Waals surface area contributed by atoms with E-state index >= 15 is 0 Å². The molecule has 1 aromatic rings. The lowest BCUT2D eigenvalue weighted by atomic mass is 9.99. The number of azide groups is 1. The van der Waals surface area contributed by atoms with Gasteiger partial charge in [0.1, 0.15) is 18.3 Å². The molecule has 8 nitrogen and oxygen atoms in total. The van der Waals surface area contributed by atoms with Gasteiger partial charge in [-0.1, -0.05) is 35.4 Å². The van der Waals surface area contributed by atoms with E-state index in [1.54, 1.807) is 0 Å². The van der Waals surface area contributed by atoms with Crippen molar-refractivity contribution in [1.82, 2.24) is 0 Å². The average molecular weight is 377 g/mol. The number of ether oxygens (including phenoxy) is 5. The molecule has 27 heavy (non-hydrogen) atoms. The van der Waals surface area contributed by atoms with Crippen LogP contribution in [0.5, 0.6) is 0 Å². The molecule has 1 unspecified atom stereocenters. The monoisotopic (exact) mass is 377 g/mol. The summed E-state index contributed by atoms with van der Waals surface area (Å²) < 4.78 is 30.3. The molecule has 2 heterocycles. The van der Waals surface area contributed by atoms with Gasteiger partial charge in [0.25, 0.3) is 0 Å². The molecule has 2 aliphatic rings. The van der Waals surface area contributed by atoms with Crippen LogP contribution in [0.3, 0.4) is 0 Å². The fourth-order valence-corrected chi connectivity index (χ4v) is 3.41. The predicted octanol–water partition coefficient (Wildman–Crippen LogP) is 3.55. The number of benzene rings is 1. The first-order chi connectivity index (χ1) is 13.0. The highest BCUT2D eigenvalue weighted by Crippen LogP contribution is 2.39. The highest BCUT2D eigenvalue weighted by Gasteiger charge is 2.54. The molecule has 0 saturated carbocycles. The average Bonchev–Trinajstić information content (AvgIpc) is 2.98. The van der Waals surface area contributed by atoms with E-state index in [0.29, 0.717) is 26.2 Å². The smallest absolute Gasteiger partial charge is 0.186 e. The van der Waals surface area contributed by atoms with Gasteiger partial charge in [-0.25, -0.2) is 0 Å². The molecule has 148 valence electrons. The van der Waals surface area contributed by atoms with Crippen LogP contribution in [0, 0.1) is 0 Å². The van der Waals surface area contributed by atoms with E-state index < -0.39 is 18.2 Å². The lowest BCUT2D eigenvalue weighted by molar-refractivity contribution is -0.286. The third-order valence-electron chi connectivity index (χ3n) is 4.60. The molecule has 5 atom stereocenters. The molecule has 0 aromatic heterocycles. The number of nitrogens with zero attached hydrogens (tertiary/aromatic N) is 3. The lowest BCUT2D eigenvalue weighted by Gasteiger charge is -2.40. The zero-order chi connectivity index (χ0) is 19.3. The highest BCUT2D eigenvalue weighted by molar-refractivity contribution is 5.13. The molecule has 8 heteroatoms. The summed E-state index contributed by atoms with van der Waals surface area (Å²) in [4.78, 5) is 2.75. The first kappa shape index (κ1) is 20.1. The second-order valence-corrected chi connectivity index (χ2v) is 7.21. The van der Waals surface area contributed by atoms with E-state index in [1.807, 2.05) is 51.1 Å². The fraction of sp³-hybridized carbons (Fsp3) is 0.684. The van der Waals surface area contributed by atoms with Crippen molar-refractivity contribution in [3.63, 3.8) is 0 Å². The highest BCUT2D eigenvalue weighted by atomic mass is 16.8. The summed E-state index contributed by atoms with van der Waals surface area (Å²) in [7, 11) is 0. The molecule has 2 aliphatic heterocycles. The quantitative estimate of drug-likeness (QED) is 0.299. The number of fused-ring (bicyclic) bond motifs is 1. The van der Waals surface area contributed by atoms with E-state index in [2.05, 4.69) is 10.0 Å². The third kappa shape index (κ3) is 5.19. The summed E-state index contributed by atoms with van der Waals surface area (Å²) in [6.07, 6.45) is -1.07. The Balaban J connectivity index is 1.68. The zero-order valence-corrected chi connectivity index (χ0v) is 16.0. The minimum Gasteiger partial charge on any atom is -0.365 e.